The summed E-state index contributed by atoms with van der Waals surface area (Å²) in [5, 5.41) is 3.10. The van der Waals surface area contributed by atoms with Crippen LogP contribution < -0.4 is 5.32 Å². The van der Waals surface area contributed by atoms with E-state index in [-0.39, 0.29) is 11.9 Å². The van der Waals surface area contributed by atoms with Crippen molar-refractivity contribution in [2.24, 2.45) is 0 Å². The minimum atomic E-state index is 0.0304. The van der Waals surface area contributed by atoms with Crippen molar-refractivity contribution >= 4 is 5.91 Å². The lowest BCUT2D eigenvalue weighted by Gasteiger charge is -2.33. The van der Waals surface area contributed by atoms with E-state index in [1.165, 1.54) is 19.3 Å². The van der Waals surface area contributed by atoms with Gasteiger partial charge in [0.2, 0.25) is 5.91 Å². The molecule has 2 saturated heterocycles. The Morgan fingerprint density at radius 1 is 1.05 bits per heavy atom. The Labute approximate surface area is 123 Å². The van der Waals surface area contributed by atoms with E-state index in [1.54, 1.807) is 0 Å². The van der Waals surface area contributed by atoms with Crippen LogP contribution in [0.5, 0.6) is 0 Å². The van der Waals surface area contributed by atoms with Gasteiger partial charge in [-0.15, -0.1) is 0 Å². The van der Waals surface area contributed by atoms with Gasteiger partial charge in [0.1, 0.15) is 0 Å². The van der Waals surface area contributed by atoms with Gasteiger partial charge in [-0.05, 0) is 39.9 Å². The molecule has 2 aliphatic rings. The molecule has 0 radical (unpaired) electrons. The summed E-state index contributed by atoms with van der Waals surface area (Å²) in [6.07, 6.45) is 3.78. The van der Waals surface area contributed by atoms with Crippen molar-refractivity contribution in [1.29, 1.82) is 0 Å². The summed E-state index contributed by atoms with van der Waals surface area (Å²) in [7, 11) is 2.17. The first-order valence-corrected chi connectivity index (χ1v) is 8.09. The number of rotatable bonds is 5. The molecule has 5 nitrogen and oxygen atoms in total. The van der Waals surface area contributed by atoms with Gasteiger partial charge in [-0.25, -0.2) is 0 Å². The number of nitrogens with one attached hydrogen (secondary N) is 1. The fraction of sp³-hybridized carbons (Fsp3) is 0.933. The third-order valence-corrected chi connectivity index (χ3v) is 4.64. The minimum Gasteiger partial charge on any atom is -0.353 e. The van der Waals surface area contributed by atoms with Crippen LogP contribution in [0.3, 0.4) is 0 Å². The molecule has 1 N–H and O–H groups in total. The topological polar surface area (TPSA) is 38.8 Å². The summed E-state index contributed by atoms with van der Waals surface area (Å²) < 4.78 is 0. The molecule has 0 bridgehead atoms. The Morgan fingerprint density at radius 3 is 2.35 bits per heavy atom. The smallest absolute Gasteiger partial charge is 0.237 e. The van der Waals surface area contributed by atoms with Crippen LogP contribution >= 0.6 is 0 Å². The molecule has 0 aliphatic carbocycles. The third-order valence-electron chi connectivity index (χ3n) is 4.64. The van der Waals surface area contributed by atoms with E-state index in [4.69, 9.17) is 0 Å². The highest BCUT2D eigenvalue weighted by atomic mass is 16.2. The number of piperazine rings is 1. The lowest BCUT2D eigenvalue weighted by atomic mass is 10.1. The van der Waals surface area contributed by atoms with Gasteiger partial charge in [-0.3, -0.25) is 14.6 Å². The zero-order valence-electron chi connectivity index (χ0n) is 13.1. The summed E-state index contributed by atoms with van der Waals surface area (Å²) in [6, 6.07) is 0.0304. The van der Waals surface area contributed by atoms with E-state index in [2.05, 4.69) is 27.1 Å². The normalized spacial score (nSPS) is 24.5. The average molecular weight is 282 g/mol. The van der Waals surface area contributed by atoms with E-state index in [9.17, 15) is 4.79 Å². The van der Waals surface area contributed by atoms with Gasteiger partial charge in [0, 0.05) is 39.3 Å². The maximum Gasteiger partial charge on any atom is 0.237 e. The summed E-state index contributed by atoms with van der Waals surface area (Å²) >= 11 is 0. The first kappa shape index (κ1) is 15.7. The van der Waals surface area contributed by atoms with Crippen molar-refractivity contribution in [2.75, 3.05) is 59.4 Å². The molecule has 0 aromatic carbocycles. The molecule has 1 amide bonds. The maximum atomic E-state index is 12.2. The van der Waals surface area contributed by atoms with E-state index >= 15 is 0 Å². The molecule has 0 aromatic rings. The predicted octanol–water partition coefficient (Wildman–Crippen LogP) is 0.224. The van der Waals surface area contributed by atoms with E-state index in [0.29, 0.717) is 0 Å². The fourth-order valence-corrected chi connectivity index (χ4v) is 3.03. The molecule has 1 atom stereocenters. The zero-order chi connectivity index (χ0) is 14.4. The maximum absolute atomic E-state index is 12.2. The van der Waals surface area contributed by atoms with Crippen molar-refractivity contribution in [2.45, 2.75) is 32.2 Å². The van der Waals surface area contributed by atoms with Gasteiger partial charge in [0.25, 0.3) is 0 Å². The molecule has 116 valence electrons. The van der Waals surface area contributed by atoms with Crippen molar-refractivity contribution in [3.05, 3.63) is 0 Å². The number of likely N-dealkylation sites (tertiary alicyclic amines) is 1. The predicted molar refractivity (Wildman–Crippen MR) is 81.8 cm³/mol. The molecule has 2 fully saturated rings. The lowest BCUT2D eigenvalue weighted by Crippen LogP contribution is -2.50. The minimum absolute atomic E-state index is 0.0304. The Hall–Kier alpha value is -0.650. The molecular weight excluding hydrogens is 252 g/mol. The average Bonchev–Trinajstić information content (AvgIpc) is 2.49. The van der Waals surface area contributed by atoms with Gasteiger partial charge in [0.15, 0.2) is 0 Å². The van der Waals surface area contributed by atoms with Crippen molar-refractivity contribution in [3.63, 3.8) is 0 Å². The van der Waals surface area contributed by atoms with Gasteiger partial charge in [0.05, 0.1) is 6.04 Å². The number of hydrogen-bond donors (Lipinski definition) is 1. The van der Waals surface area contributed by atoms with Crippen LogP contribution in [0, 0.1) is 0 Å². The number of piperidine rings is 1. The summed E-state index contributed by atoms with van der Waals surface area (Å²) in [4.78, 5) is 19.3. The molecule has 0 spiro atoms. The number of likely N-dealkylation sites (N-methyl/N-ethyl adjacent to an activating group) is 1. The number of carbonyl (C=O) groups excluding carboxylic acids is 1. The Bertz CT molecular complexity index is 296. The van der Waals surface area contributed by atoms with Crippen LogP contribution in [0.4, 0.5) is 0 Å². The number of amides is 1. The number of carbonyl (C=O) groups is 1. The van der Waals surface area contributed by atoms with Gasteiger partial charge in [-0.1, -0.05) is 6.42 Å². The second-order valence-corrected chi connectivity index (χ2v) is 6.21. The summed E-state index contributed by atoms with van der Waals surface area (Å²) in [5.74, 6) is 0.195. The van der Waals surface area contributed by atoms with Crippen molar-refractivity contribution < 1.29 is 4.79 Å². The van der Waals surface area contributed by atoms with Crippen LogP contribution in [-0.4, -0.2) is 86.1 Å². The van der Waals surface area contributed by atoms with Gasteiger partial charge < -0.3 is 10.2 Å². The zero-order valence-corrected chi connectivity index (χ0v) is 13.1. The molecule has 2 rings (SSSR count). The summed E-state index contributed by atoms with van der Waals surface area (Å²) in [6.45, 7) is 10.5. The highest BCUT2D eigenvalue weighted by molar-refractivity contribution is 5.81. The van der Waals surface area contributed by atoms with E-state index in [0.717, 1.165) is 52.4 Å². The van der Waals surface area contributed by atoms with Gasteiger partial charge >= 0.3 is 0 Å². The quantitative estimate of drug-likeness (QED) is 0.783. The monoisotopic (exact) mass is 282 g/mol. The summed E-state index contributed by atoms with van der Waals surface area (Å²) in [5.41, 5.74) is 0. The molecule has 2 heterocycles. The molecule has 0 aromatic heterocycles. The molecular formula is C15H30N4O. The highest BCUT2D eigenvalue weighted by Crippen LogP contribution is 2.11. The first-order chi connectivity index (χ1) is 9.66. The Kier molecular flexibility index (Phi) is 6.26. The standard InChI is InChI=1S/C15H30N4O/c1-14(19-7-4-3-5-8-19)15(20)16-6-9-18-12-10-17(2)11-13-18/h14H,3-13H2,1-2H3,(H,16,20)/t14-/m0/s1. The number of hydrogen-bond acceptors (Lipinski definition) is 4. The van der Waals surface area contributed by atoms with Crippen LogP contribution in [0.25, 0.3) is 0 Å². The molecule has 2 aliphatic heterocycles. The van der Waals surface area contributed by atoms with E-state index in [1.807, 2.05) is 6.92 Å². The lowest BCUT2D eigenvalue weighted by molar-refractivity contribution is -0.126. The highest BCUT2D eigenvalue weighted by Gasteiger charge is 2.22. The SMILES string of the molecule is C[C@@H](C(=O)NCCN1CCN(C)CC1)N1CCCCC1. The molecule has 0 unspecified atom stereocenters. The van der Waals surface area contributed by atoms with E-state index < -0.39 is 0 Å². The second kappa shape index (κ2) is 7.96. The number of nitrogens with zero attached hydrogens (tertiary/aromatic N) is 3. The van der Waals surface area contributed by atoms with Crippen LogP contribution in [0.15, 0.2) is 0 Å². The molecule has 0 saturated carbocycles. The Balaban J connectivity index is 1.61. The van der Waals surface area contributed by atoms with Crippen LogP contribution in [0.2, 0.25) is 0 Å². The largest absolute Gasteiger partial charge is 0.353 e. The van der Waals surface area contributed by atoms with Gasteiger partial charge in [-0.2, -0.15) is 0 Å². The second-order valence-electron chi connectivity index (χ2n) is 6.21. The molecule has 5 heteroatoms. The Morgan fingerprint density at radius 2 is 1.70 bits per heavy atom. The fourth-order valence-electron chi connectivity index (χ4n) is 3.03. The van der Waals surface area contributed by atoms with Crippen LogP contribution in [-0.2, 0) is 4.79 Å². The van der Waals surface area contributed by atoms with Crippen molar-refractivity contribution in [3.8, 4) is 0 Å². The first-order valence-electron chi connectivity index (χ1n) is 8.09. The van der Waals surface area contributed by atoms with Crippen LogP contribution in [0.1, 0.15) is 26.2 Å². The third kappa shape index (κ3) is 4.72. The molecule has 20 heavy (non-hydrogen) atoms. The van der Waals surface area contributed by atoms with Crippen molar-refractivity contribution in [1.82, 2.24) is 20.0 Å².